The van der Waals surface area contributed by atoms with Crippen molar-refractivity contribution in [3.05, 3.63) is 59.9 Å². The molecule has 1 aromatic carbocycles. The van der Waals surface area contributed by atoms with Gasteiger partial charge in [0, 0.05) is 29.7 Å². The minimum Gasteiger partial charge on any atom is -0.376 e. The van der Waals surface area contributed by atoms with Gasteiger partial charge in [0.2, 0.25) is 0 Å². The molecule has 0 radical (unpaired) electrons. The standard InChI is InChI=1S/C21H21F2N3O4/c1-15-11-16(7-8-24-15)18(27)25-9-10-29-14-20(12-25)13-26(17-5-3-2-4-6-17)19(28)21(22,23)30-20/h2-8,11H,9-10,12-14H2,1H3. The van der Waals surface area contributed by atoms with Crippen molar-refractivity contribution in [3.63, 3.8) is 0 Å². The second-order valence-corrected chi connectivity index (χ2v) is 7.49. The Morgan fingerprint density at radius 3 is 2.67 bits per heavy atom. The summed E-state index contributed by atoms with van der Waals surface area (Å²) in [4.78, 5) is 31.9. The number of morpholine rings is 1. The number of para-hydroxylation sites is 1. The van der Waals surface area contributed by atoms with Crippen molar-refractivity contribution >= 4 is 17.5 Å². The molecular weight excluding hydrogens is 396 g/mol. The fraction of sp³-hybridized carbons (Fsp3) is 0.381. The zero-order valence-corrected chi connectivity index (χ0v) is 16.4. The predicted molar refractivity (Wildman–Crippen MR) is 103 cm³/mol. The van der Waals surface area contributed by atoms with Crippen LogP contribution < -0.4 is 4.90 Å². The first-order chi connectivity index (χ1) is 14.3. The Balaban J connectivity index is 1.65. The number of hydrogen-bond acceptors (Lipinski definition) is 5. The third-order valence-electron chi connectivity index (χ3n) is 5.13. The van der Waals surface area contributed by atoms with E-state index in [1.807, 2.05) is 0 Å². The van der Waals surface area contributed by atoms with E-state index in [0.717, 1.165) is 4.90 Å². The third-order valence-corrected chi connectivity index (χ3v) is 5.13. The molecule has 0 aliphatic carbocycles. The SMILES string of the molecule is Cc1cc(C(=O)N2CCOCC3(C2)CN(c2ccccc2)C(=O)C(F)(F)O3)ccn1. The van der Waals surface area contributed by atoms with E-state index in [0.29, 0.717) is 16.9 Å². The number of amides is 2. The summed E-state index contributed by atoms with van der Waals surface area (Å²) < 4.78 is 39.8. The van der Waals surface area contributed by atoms with Crippen LogP contribution in [0.3, 0.4) is 0 Å². The molecule has 1 atom stereocenters. The topological polar surface area (TPSA) is 72.0 Å². The maximum absolute atomic E-state index is 14.6. The molecule has 2 fully saturated rings. The Hall–Kier alpha value is -2.91. The van der Waals surface area contributed by atoms with E-state index in [1.165, 1.54) is 11.1 Å². The van der Waals surface area contributed by atoms with Crippen molar-refractivity contribution in [2.24, 2.45) is 0 Å². The van der Waals surface area contributed by atoms with Crippen LogP contribution in [0, 0.1) is 6.92 Å². The molecule has 2 amide bonds. The van der Waals surface area contributed by atoms with Gasteiger partial charge in [-0.25, -0.2) is 0 Å². The van der Waals surface area contributed by atoms with Gasteiger partial charge in [0.25, 0.3) is 5.91 Å². The van der Waals surface area contributed by atoms with Gasteiger partial charge in [-0.15, -0.1) is 0 Å². The molecule has 4 rings (SSSR count). The van der Waals surface area contributed by atoms with E-state index >= 15 is 0 Å². The number of anilines is 1. The fourth-order valence-corrected chi connectivity index (χ4v) is 3.78. The Labute approximate surface area is 172 Å². The first-order valence-corrected chi connectivity index (χ1v) is 9.54. The molecule has 9 heteroatoms. The highest BCUT2D eigenvalue weighted by Gasteiger charge is 2.58. The summed E-state index contributed by atoms with van der Waals surface area (Å²) in [7, 11) is 0. The van der Waals surface area contributed by atoms with Crippen molar-refractivity contribution in [1.29, 1.82) is 0 Å². The molecule has 0 bridgehead atoms. The Kier molecular flexibility index (Phi) is 5.25. The van der Waals surface area contributed by atoms with Gasteiger partial charge in [0.15, 0.2) is 0 Å². The lowest BCUT2D eigenvalue weighted by molar-refractivity contribution is -0.293. The van der Waals surface area contributed by atoms with E-state index in [-0.39, 0.29) is 38.8 Å². The lowest BCUT2D eigenvalue weighted by Crippen LogP contribution is -2.66. The van der Waals surface area contributed by atoms with Crippen LogP contribution in [0.15, 0.2) is 48.7 Å². The normalized spacial score (nSPS) is 24.0. The van der Waals surface area contributed by atoms with Crippen LogP contribution >= 0.6 is 0 Å². The number of rotatable bonds is 2. The van der Waals surface area contributed by atoms with Gasteiger partial charge >= 0.3 is 12.0 Å². The van der Waals surface area contributed by atoms with Crippen LogP contribution in [-0.2, 0) is 14.3 Å². The Morgan fingerprint density at radius 2 is 1.93 bits per heavy atom. The number of aryl methyl sites for hydroxylation is 1. The van der Waals surface area contributed by atoms with Crippen LogP contribution in [0.4, 0.5) is 14.5 Å². The predicted octanol–water partition coefficient (Wildman–Crippen LogP) is 2.26. The number of alkyl halides is 2. The molecule has 30 heavy (non-hydrogen) atoms. The van der Waals surface area contributed by atoms with Crippen molar-refractivity contribution < 1.29 is 27.8 Å². The van der Waals surface area contributed by atoms with Crippen LogP contribution in [0.5, 0.6) is 0 Å². The van der Waals surface area contributed by atoms with Crippen molar-refractivity contribution in [2.45, 2.75) is 18.6 Å². The number of hydrogen-bond donors (Lipinski definition) is 0. The first kappa shape index (κ1) is 20.4. The molecule has 2 aliphatic heterocycles. The van der Waals surface area contributed by atoms with Gasteiger partial charge in [-0.3, -0.25) is 19.3 Å². The number of ether oxygens (including phenoxy) is 2. The molecule has 1 unspecified atom stereocenters. The molecule has 158 valence electrons. The average molecular weight is 417 g/mol. The lowest BCUT2D eigenvalue weighted by atomic mass is 10.00. The Bertz CT molecular complexity index is 956. The molecule has 2 saturated heterocycles. The van der Waals surface area contributed by atoms with E-state index < -0.39 is 17.6 Å². The number of benzene rings is 1. The summed E-state index contributed by atoms with van der Waals surface area (Å²) in [6, 6.07) is 11.4. The van der Waals surface area contributed by atoms with E-state index in [1.54, 1.807) is 49.4 Å². The van der Waals surface area contributed by atoms with Gasteiger partial charge in [-0.1, -0.05) is 18.2 Å². The van der Waals surface area contributed by atoms with Crippen molar-refractivity contribution in [3.8, 4) is 0 Å². The zero-order chi connectivity index (χ0) is 21.4. The number of halogens is 2. The van der Waals surface area contributed by atoms with Gasteiger partial charge < -0.3 is 14.5 Å². The summed E-state index contributed by atoms with van der Waals surface area (Å²) in [5, 5.41) is 0. The second kappa shape index (κ2) is 7.73. The summed E-state index contributed by atoms with van der Waals surface area (Å²) in [5.41, 5.74) is -0.167. The second-order valence-electron chi connectivity index (χ2n) is 7.49. The maximum atomic E-state index is 14.6. The number of carbonyl (C=O) groups excluding carboxylic acids is 2. The zero-order valence-electron chi connectivity index (χ0n) is 16.4. The molecule has 2 aliphatic rings. The summed E-state index contributed by atoms with van der Waals surface area (Å²) in [5.74, 6) is -1.77. The van der Waals surface area contributed by atoms with Crippen molar-refractivity contribution in [1.82, 2.24) is 9.88 Å². The summed E-state index contributed by atoms with van der Waals surface area (Å²) >= 11 is 0. The van der Waals surface area contributed by atoms with Crippen LogP contribution in [0.2, 0.25) is 0 Å². The third kappa shape index (κ3) is 3.90. The van der Waals surface area contributed by atoms with E-state index in [9.17, 15) is 18.4 Å². The summed E-state index contributed by atoms with van der Waals surface area (Å²) in [6.07, 6.45) is -2.52. The number of aromatic nitrogens is 1. The number of nitrogens with zero attached hydrogens (tertiary/aromatic N) is 3. The quantitative estimate of drug-likeness (QED) is 0.750. The maximum Gasteiger partial charge on any atom is 0.437 e. The highest BCUT2D eigenvalue weighted by atomic mass is 19.3. The molecule has 1 aromatic heterocycles. The lowest BCUT2D eigenvalue weighted by Gasteiger charge is -2.45. The molecular formula is C21H21F2N3O4. The number of pyridine rings is 1. The van der Waals surface area contributed by atoms with E-state index in [4.69, 9.17) is 9.47 Å². The van der Waals surface area contributed by atoms with E-state index in [2.05, 4.69) is 4.98 Å². The molecule has 2 aromatic rings. The monoisotopic (exact) mass is 417 g/mol. The van der Waals surface area contributed by atoms with Crippen LogP contribution in [0.25, 0.3) is 0 Å². The minimum atomic E-state index is -4.04. The van der Waals surface area contributed by atoms with Crippen LogP contribution in [0.1, 0.15) is 16.1 Å². The fourth-order valence-electron chi connectivity index (χ4n) is 3.78. The largest absolute Gasteiger partial charge is 0.437 e. The van der Waals surface area contributed by atoms with Crippen molar-refractivity contribution in [2.75, 3.05) is 37.7 Å². The molecule has 0 N–H and O–H groups in total. The van der Waals surface area contributed by atoms with Gasteiger partial charge in [0.05, 0.1) is 26.3 Å². The molecule has 7 nitrogen and oxygen atoms in total. The van der Waals surface area contributed by atoms with Crippen LogP contribution in [-0.4, -0.2) is 66.3 Å². The first-order valence-electron chi connectivity index (χ1n) is 9.54. The summed E-state index contributed by atoms with van der Waals surface area (Å²) in [6.45, 7) is 1.68. The number of carbonyl (C=O) groups is 2. The molecule has 0 saturated carbocycles. The molecule has 3 heterocycles. The Morgan fingerprint density at radius 1 is 1.17 bits per heavy atom. The minimum absolute atomic E-state index is 0.139. The highest BCUT2D eigenvalue weighted by molar-refractivity contribution is 5.98. The highest BCUT2D eigenvalue weighted by Crippen LogP contribution is 2.37. The van der Waals surface area contributed by atoms with Gasteiger partial charge in [-0.05, 0) is 31.2 Å². The van der Waals surface area contributed by atoms with Gasteiger partial charge in [-0.2, -0.15) is 8.78 Å². The average Bonchev–Trinajstić information content (AvgIpc) is 2.93. The smallest absolute Gasteiger partial charge is 0.376 e. The van der Waals surface area contributed by atoms with Gasteiger partial charge in [0.1, 0.15) is 5.60 Å². The molecule has 1 spiro atoms.